The average molecular weight is 1940 g/mol. The number of hydrogen-bond acceptors (Lipinski definition) is 22. The highest BCUT2D eigenvalue weighted by atomic mass is 16.5. The molecule has 0 aliphatic carbocycles. The summed E-state index contributed by atoms with van der Waals surface area (Å²) in [6.07, 6.45) is 17.2. The standard InChI is InChI=1S/C34H30N2O3.2C30H28N2O4.C30H28N2O3/c1-2-3-4-9-18-39-33-21-31(35-34(36-33)28-17-15-23(37)19-32(28)38)30-20-29-24-11-6-5-10-22(24)14-16-27(29)25-12-7-8-13-26(25)30;1-2-3-4-9-14-36-28-18-25(31-30(32-28)29-26(34)16-20(33)17-27(29)35)24-15-19-10-5-6-11-21(19)22-12-7-8-13-23(22)24;1-2-3-4-7-12-36-28-18-25(31-30(32-28)29-26(34)16-24(33)17-27(29)35)22-11-10-21-13-19-8-5-6-9-20(19)14-23(21)15-22;1-2-3-4-9-17-35-27-19-24(31-30(32-27)29-25(33)15-10-16-26(29)34)28-22-13-7-5-11-20(22)18-21-12-6-8-14-23(21)28/h5-8,10-17,19-21,37-38H,2-4,9,18H2,1H3;5-8,10-13,15-18,33-35H,2-4,9,14H2,1H3;5-6,8-11,13-18,33-35H,2-4,7,12H2,1H3;5-8,10-16,18-19,33-34H,2-4,9,17H2,1H3. The number of benzene rings is 17. The van der Waals surface area contributed by atoms with Crippen LogP contribution in [0.2, 0.25) is 0 Å². The Morgan fingerprint density at radius 2 is 0.521 bits per heavy atom. The van der Waals surface area contributed by atoms with Gasteiger partial charge >= 0.3 is 0 Å². The molecule has 17 aromatic carbocycles. The van der Waals surface area contributed by atoms with Crippen LogP contribution in [-0.4, -0.2) is 117 Å². The van der Waals surface area contributed by atoms with Crippen molar-refractivity contribution < 1.29 is 70.0 Å². The Bertz CT molecular complexity index is 8210. The molecule has 0 aliphatic rings. The van der Waals surface area contributed by atoms with Crippen LogP contribution >= 0.6 is 0 Å². The molecule has 21 aromatic rings. The number of rotatable bonds is 32. The molecule has 0 atom stereocenters. The van der Waals surface area contributed by atoms with E-state index in [2.05, 4.69) is 210 Å². The number of nitrogens with zero attached hydrogens (tertiary/aromatic N) is 8. The van der Waals surface area contributed by atoms with Crippen LogP contribution in [0.5, 0.6) is 81.0 Å². The first-order valence-electron chi connectivity index (χ1n) is 50.0. The zero-order chi connectivity index (χ0) is 101. The molecule has 0 bridgehead atoms. The second kappa shape index (κ2) is 46.1. The predicted octanol–water partition coefficient (Wildman–Crippen LogP) is 30.5. The molecule has 10 N–H and O–H groups in total. The van der Waals surface area contributed by atoms with Gasteiger partial charge in [-0.1, -0.05) is 305 Å². The summed E-state index contributed by atoms with van der Waals surface area (Å²) in [7, 11) is 0. The van der Waals surface area contributed by atoms with Gasteiger partial charge in [0, 0.05) is 76.9 Å². The minimum atomic E-state index is -0.318. The van der Waals surface area contributed by atoms with E-state index in [0.29, 0.717) is 84.1 Å². The molecule has 734 valence electrons. The van der Waals surface area contributed by atoms with Crippen molar-refractivity contribution in [2.75, 3.05) is 26.4 Å². The normalized spacial score (nSPS) is 11.3. The van der Waals surface area contributed by atoms with Gasteiger partial charge in [-0.25, -0.2) is 19.9 Å². The highest BCUT2D eigenvalue weighted by Gasteiger charge is 2.26. The van der Waals surface area contributed by atoms with E-state index >= 15 is 0 Å². The van der Waals surface area contributed by atoms with E-state index in [-0.39, 0.29) is 91.7 Å². The fraction of sp³-hybridized carbons (Fsp3) is 0.194. The fourth-order valence-corrected chi connectivity index (χ4v) is 18.7. The molecule has 4 heterocycles. The topological polar surface area (TPSA) is 342 Å². The molecule has 0 unspecified atom stereocenters. The molecule has 21 rings (SSSR count). The summed E-state index contributed by atoms with van der Waals surface area (Å²) in [5, 5.41) is 123. The Kier molecular flexibility index (Phi) is 31.2. The average Bonchev–Trinajstić information content (AvgIpc) is 0.729. The number of fused-ring (bicyclic) bond motifs is 12. The lowest BCUT2D eigenvalue weighted by atomic mass is 9.92. The predicted molar refractivity (Wildman–Crippen MR) is 584 cm³/mol. The quantitative estimate of drug-likeness (QED) is 0.0106. The molecule has 22 heteroatoms. The minimum absolute atomic E-state index is 0.0211. The molecular weight excluding hydrogens is 1830 g/mol. The number of hydrogen-bond donors (Lipinski definition) is 10. The number of phenolic OH excluding ortho intramolecular Hbond substituents is 10. The van der Waals surface area contributed by atoms with Gasteiger partial charge in [-0.05, 0) is 183 Å². The molecule has 0 fully saturated rings. The van der Waals surface area contributed by atoms with Gasteiger partial charge in [-0.15, -0.1) is 0 Å². The smallest absolute Gasteiger partial charge is 0.217 e. The van der Waals surface area contributed by atoms with Gasteiger partial charge in [0.15, 0.2) is 23.3 Å². The Labute approximate surface area is 845 Å². The summed E-state index contributed by atoms with van der Waals surface area (Å²) >= 11 is 0. The van der Waals surface area contributed by atoms with Crippen LogP contribution in [0, 0.1) is 0 Å². The lowest BCUT2D eigenvalue weighted by molar-refractivity contribution is 0.293. The summed E-state index contributed by atoms with van der Waals surface area (Å²) in [5.74, 6) is 0.338. The lowest BCUT2D eigenvalue weighted by Crippen LogP contribution is -2.03. The van der Waals surface area contributed by atoms with Crippen LogP contribution in [-0.2, 0) is 0 Å². The van der Waals surface area contributed by atoms with E-state index in [1.807, 2.05) is 84.9 Å². The number of ether oxygens (including phenoxy) is 4. The van der Waals surface area contributed by atoms with Gasteiger partial charge in [0.05, 0.1) is 54.8 Å². The maximum atomic E-state index is 10.6. The summed E-state index contributed by atoms with van der Waals surface area (Å²) in [6, 6.07) is 100. The second-order valence-corrected chi connectivity index (χ2v) is 36.4. The van der Waals surface area contributed by atoms with Crippen molar-refractivity contribution in [2.45, 2.75) is 130 Å². The van der Waals surface area contributed by atoms with Crippen molar-refractivity contribution in [3.05, 3.63) is 315 Å². The van der Waals surface area contributed by atoms with Crippen LogP contribution < -0.4 is 18.9 Å². The van der Waals surface area contributed by atoms with Crippen molar-refractivity contribution in [3.63, 3.8) is 0 Å². The molecule has 146 heavy (non-hydrogen) atoms. The molecule has 0 spiro atoms. The first kappa shape index (κ1) is 98.8. The molecule has 0 saturated carbocycles. The van der Waals surface area contributed by atoms with Crippen molar-refractivity contribution in [1.82, 2.24) is 39.9 Å². The summed E-state index contributed by atoms with van der Waals surface area (Å²) < 4.78 is 24.2. The van der Waals surface area contributed by atoms with Crippen LogP contribution in [0.1, 0.15) is 130 Å². The summed E-state index contributed by atoms with van der Waals surface area (Å²) in [4.78, 5) is 37.4. The van der Waals surface area contributed by atoms with E-state index in [1.54, 1.807) is 24.3 Å². The van der Waals surface area contributed by atoms with E-state index in [1.165, 1.54) is 52.2 Å². The van der Waals surface area contributed by atoms with Crippen LogP contribution in [0.15, 0.2) is 315 Å². The van der Waals surface area contributed by atoms with Crippen molar-refractivity contribution in [2.24, 2.45) is 0 Å². The van der Waals surface area contributed by atoms with Crippen LogP contribution in [0.4, 0.5) is 0 Å². The number of aromatic hydroxyl groups is 10. The van der Waals surface area contributed by atoms with Crippen LogP contribution in [0.3, 0.4) is 0 Å². The molecule has 0 radical (unpaired) electrons. The number of unbranched alkanes of at least 4 members (excludes halogenated alkanes) is 12. The highest BCUT2D eigenvalue weighted by Crippen LogP contribution is 2.48. The molecule has 0 aliphatic heterocycles. The van der Waals surface area contributed by atoms with Crippen LogP contribution in [0.25, 0.3) is 188 Å². The zero-order valence-electron chi connectivity index (χ0n) is 81.8. The summed E-state index contributed by atoms with van der Waals surface area (Å²) in [6.45, 7) is 10.8. The molecule has 22 nitrogen and oxygen atoms in total. The van der Waals surface area contributed by atoms with Crippen molar-refractivity contribution in [1.29, 1.82) is 0 Å². The van der Waals surface area contributed by atoms with Gasteiger partial charge in [0.1, 0.15) is 74.2 Å². The maximum Gasteiger partial charge on any atom is 0.217 e. The molecule has 4 aromatic heterocycles. The SMILES string of the molecule is CCCCCCOc1cc(-c2c3ccccc3cc3ccccc23)nc(-c2c(O)cccc2O)n1.CCCCCCOc1cc(-c2cc3c4ccccc4ccc3c3ccccc23)nc(-c2ccc(O)cc2O)n1.CCCCCCOc1cc(-c2cc3ccccc3c3ccccc23)nc(-c2c(O)cc(O)cc2O)n1.CCCCCCOc1cc(-c2ccc3cc4ccccc4cc3c2)nc(-c2c(O)cc(O)cc2O)n1. The summed E-state index contributed by atoms with van der Waals surface area (Å²) in [5.41, 5.74) is 6.97. The van der Waals surface area contributed by atoms with Gasteiger partial charge in [-0.2, -0.15) is 19.9 Å². The minimum Gasteiger partial charge on any atom is -0.508 e. The van der Waals surface area contributed by atoms with Crippen molar-refractivity contribution in [3.8, 4) is 172 Å². The number of aromatic nitrogens is 8. The first-order valence-corrected chi connectivity index (χ1v) is 50.0. The molecule has 0 saturated heterocycles. The van der Waals surface area contributed by atoms with Gasteiger partial charge < -0.3 is 70.0 Å². The Morgan fingerprint density at radius 3 is 1.00 bits per heavy atom. The van der Waals surface area contributed by atoms with E-state index in [4.69, 9.17) is 33.9 Å². The molecule has 0 amide bonds. The maximum absolute atomic E-state index is 10.6. The van der Waals surface area contributed by atoms with Gasteiger partial charge in [0.2, 0.25) is 23.5 Å². The Morgan fingerprint density at radius 1 is 0.185 bits per heavy atom. The fourth-order valence-electron chi connectivity index (χ4n) is 18.7. The van der Waals surface area contributed by atoms with Gasteiger partial charge in [-0.3, -0.25) is 0 Å². The van der Waals surface area contributed by atoms with Crippen molar-refractivity contribution >= 4 is 97.0 Å². The third-order valence-electron chi connectivity index (χ3n) is 26.0. The zero-order valence-corrected chi connectivity index (χ0v) is 81.8. The van der Waals surface area contributed by atoms with E-state index in [0.717, 1.165) is 218 Å². The van der Waals surface area contributed by atoms with Gasteiger partial charge in [0.25, 0.3) is 0 Å². The van der Waals surface area contributed by atoms with E-state index in [9.17, 15) is 51.1 Å². The largest absolute Gasteiger partial charge is 0.508 e. The highest BCUT2D eigenvalue weighted by molar-refractivity contribution is 6.21. The first-order chi connectivity index (χ1) is 71.3. The third-order valence-corrected chi connectivity index (χ3v) is 26.0. The van der Waals surface area contributed by atoms with E-state index < -0.39 is 0 Å². The monoisotopic (exact) mass is 1940 g/mol. The Hall–Kier alpha value is -17.4. The molecular formula is C124H114N8O14. The Balaban J connectivity index is 0.000000128. The third kappa shape index (κ3) is 22.7. The number of phenols is 10. The second-order valence-electron chi connectivity index (χ2n) is 36.4. The lowest BCUT2D eigenvalue weighted by Gasteiger charge is -2.15.